The molecule has 0 bridgehead atoms. The zero-order valence-corrected chi connectivity index (χ0v) is 13.2. The van der Waals surface area contributed by atoms with Crippen LogP contribution < -0.4 is 16.3 Å². The van der Waals surface area contributed by atoms with Crippen LogP contribution in [0.3, 0.4) is 0 Å². The maximum Gasteiger partial charge on any atom is 0.343 e. The molecular weight excluding hydrogens is 294 g/mol. The highest BCUT2D eigenvalue weighted by Gasteiger charge is 2.12. The number of hydrogen-bond donors (Lipinski definition) is 3. The van der Waals surface area contributed by atoms with E-state index in [-0.39, 0.29) is 11.4 Å². The predicted molar refractivity (Wildman–Crippen MR) is 80.2 cm³/mol. The first-order chi connectivity index (χ1) is 9.93. The van der Waals surface area contributed by atoms with Gasteiger partial charge in [0, 0.05) is 13.1 Å². The molecule has 1 aromatic heterocycles. The second kappa shape index (κ2) is 8.50. The van der Waals surface area contributed by atoms with Crippen LogP contribution in [-0.2, 0) is 11.3 Å². The first-order valence-electron chi connectivity index (χ1n) is 6.79. The van der Waals surface area contributed by atoms with E-state index < -0.39 is 11.9 Å². The number of H-pyrrole nitrogens is 1. The number of hydrogen-bond acceptors (Lipinski definition) is 5. The van der Waals surface area contributed by atoms with Crippen LogP contribution in [0.4, 0.5) is 4.79 Å². The number of rotatable bonds is 7. The molecule has 0 radical (unpaired) electrons. The zero-order valence-electron chi connectivity index (χ0n) is 12.4. The highest BCUT2D eigenvalue weighted by molar-refractivity contribution is 7.99. The van der Waals surface area contributed by atoms with Crippen molar-refractivity contribution in [2.24, 2.45) is 5.92 Å². The second-order valence-electron chi connectivity index (χ2n) is 4.90. The summed E-state index contributed by atoms with van der Waals surface area (Å²) in [6.07, 6.45) is 0.788. The minimum Gasteiger partial charge on any atom is -0.338 e. The molecule has 8 nitrogen and oxygen atoms in total. The monoisotopic (exact) mass is 315 g/mol. The van der Waals surface area contributed by atoms with Crippen LogP contribution in [0.25, 0.3) is 0 Å². The molecule has 0 unspecified atom stereocenters. The van der Waals surface area contributed by atoms with Gasteiger partial charge in [0.15, 0.2) is 5.16 Å². The average molecular weight is 315 g/mol. The molecule has 9 heteroatoms. The van der Waals surface area contributed by atoms with Crippen molar-refractivity contribution in [3.63, 3.8) is 0 Å². The summed E-state index contributed by atoms with van der Waals surface area (Å²) in [6.45, 7) is 6.90. The Balaban J connectivity index is 2.43. The Bertz CT molecular complexity index is 537. The van der Waals surface area contributed by atoms with Gasteiger partial charge in [-0.15, -0.1) is 5.10 Å². The summed E-state index contributed by atoms with van der Waals surface area (Å²) in [4.78, 5) is 34.5. The minimum absolute atomic E-state index is 0.0170. The Labute approximate surface area is 127 Å². The Hall–Kier alpha value is -1.77. The molecule has 1 heterocycles. The average Bonchev–Trinajstić information content (AvgIpc) is 2.76. The zero-order chi connectivity index (χ0) is 15.8. The number of nitrogens with one attached hydrogen (secondary N) is 3. The van der Waals surface area contributed by atoms with E-state index in [9.17, 15) is 14.4 Å². The van der Waals surface area contributed by atoms with E-state index >= 15 is 0 Å². The van der Waals surface area contributed by atoms with Crippen molar-refractivity contribution >= 4 is 23.7 Å². The van der Waals surface area contributed by atoms with E-state index in [4.69, 9.17) is 0 Å². The van der Waals surface area contributed by atoms with Crippen molar-refractivity contribution < 1.29 is 9.59 Å². The molecule has 0 aliphatic carbocycles. The van der Waals surface area contributed by atoms with Crippen LogP contribution >= 0.6 is 11.8 Å². The minimum atomic E-state index is -0.512. The third-order valence-corrected chi connectivity index (χ3v) is 3.40. The summed E-state index contributed by atoms with van der Waals surface area (Å²) < 4.78 is 1.47. The molecule has 3 amide bonds. The van der Waals surface area contributed by atoms with Crippen LogP contribution in [0, 0.1) is 5.92 Å². The summed E-state index contributed by atoms with van der Waals surface area (Å²) in [5.74, 6) is -0.101. The van der Waals surface area contributed by atoms with E-state index in [1.807, 2.05) is 20.8 Å². The number of imide groups is 1. The summed E-state index contributed by atoms with van der Waals surface area (Å²) >= 11 is 1.11. The molecule has 0 saturated carbocycles. The topological polar surface area (TPSA) is 109 Å². The van der Waals surface area contributed by atoms with E-state index in [2.05, 4.69) is 20.8 Å². The molecule has 0 spiro atoms. The van der Waals surface area contributed by atoms with Crippen molar-refractivity contribution in [3.8, 4) is 0 Å². The van der Waals surface area contributed by atoms with Gasteiger partial charge in [0.05, 0.1) is 5.75 Å². The van der Waals surface area contributed by atoms with Crippen LogP contribution in [0.2, 0.25) is 0 Å². The van der Waals surface area contributed by atoms with Gasteiger partial charge in [-0.3, -0.25) is 14.7 Å². The SMILES string of the molecule is CCCn1c(SCC(=O)NC(=O)NCC(C)C)n[nH]c1=O. The summed E-state index contributed by atoms with van der Waals surface area (Å²) in [6, 6.07) is -0.512. The molecular formula is C12H21N5O3S. The molecule has 3 N–H and O–H groups in total. The molecule has 1 aromatic rings. The van der Waals surface area contributed by atoms with Crippen LogP contribution in [0.15, 0.2) is 9.95 Å². The highest BCUT2D eigenvalue weighted by atomic mass is 32.2. The van der Waals surface area contributed by atoms with Gasteiger partial charge >= 0.3 is 11.7 Å². The number of urea groups is 1. The fourth-order valence-electron chi connectivity index (χ4n) is 1.47. The van der Waals surface area contributed by atoms with Gasteiger partial charge in [0.2, 0.25) is 5.91 Å². The third kappa shape index (κ3) is 6.03. The van der Waals surface area contributed by atoms with Gasteiger partial charge in [0.1, 0.15) is 0 Å². The Morgan fingerprint density at radius 1 is 1.43 bits per heavy atom. The fraction of sp³-hybridized carbons (Fsp3) is 0.667. The second-order valence-corrected chi connectivity index (χ2v) is 5.85. The Morgan fingerprint density at radius 3 is 2.76 bits per heavy atom. The summed E-state index contributed by atoms with van der Waals surface area (Å²) in [5.41, 5.74) is -0.297. The van der Waals surface area contributed by atoms with Gasteiger partial charge in [-0.05, 0) is 12.3 Å². The van der Waals surface area contributed by atoms with Crippen molar-refractivity contribution in [3.05, 3.63) is 10.5 Å². The van der Waals surface area contributed by atoms with Crippen molar-refractivity contribution in [1.82, 2.24) is 25.4 Å². The number of aromatic nitrogens is 3. The maximum atomic E-state index is 11.6. The normalized spacial score (nSPS) is 10.7. The molecule has 1 rings (SSSR count). The lowest BCUT2D eigenvalue weighted by Gasteiger charge is -2.08. The highest BCUT2D eigenvalue weighted by Crippen LogP contribution is 2.12. The van der Waals surface area contributed by atoms with E-state index in [0.717, 1.165) is 18.2 Å². The van der Waals surface area contributed by atoms with Gasteiger partial charge in [-0.2, -0.15) is 0 Å². The number of aromatic amines is 1. The van der Waals surface area contributed by atoms with E-state index in [1.165, 1.54) is 4.57 Å². The smallest absolute Gasteiger partial charge is 0.338 e. The van der Waals surface area contributed by atoms with Crippen molar-refractivity contribution in [2.75, 3.05) is 12.3 Å². The number of thioether (sulfide) groups is 1. The summed E-state index contributed by atoms with van der Waals surface area (Å²) in [5, 5.41) is 11.5. The van der Waals surface area contributed by atoms with Gasteiger partial charge in [0.25, 0.3) is 0 Å². The lowest BCUT2D eigenvalue weighted by Crippen LogP contribution is -2.41. The van der Waals surface area contributed by atoms with Crippen LogP contribution in [0.5, 0.6) is 0 Å². The molecule has 0 fully saturated rings. The predicted octanol–water partition coefficient (Wildman–Crippen LogP) is 0.555. The standard InChI is InChI=1S/C12H21N5O3S/c1-4-5-17-11(20)15-16-12(17)21-7-9(18)14-10(19)13-6-8(2)3/h8H,4-7H2,1-3H3,(H,15,20)(H2,13,14,18,19). The Morgan fingerprint density at radius 2 is 2.14 bits per heavy atom. The summed E-state index contributed by atoms with van der Waals surface area (Å²) in [7, 11) is 0. The van der Waals surface area contributed by atoms with Gasteiger partial charge < -0.3 is 5.32 Å². The van der Waals surface area contributed by atoms with E-state index in [1.54, 1.807) is 0 Å². The maximum absolute atomic E-state index is 11.6. The quantitative estimate of drug-likeness (QED) is 0.637. The number of carbonyl (C=O) groups is 2. The molecule has 0 atom stereocenters. The lowest BCUT2D eigenvalue weighted by molar-refractivity contribution is -0.117. The number of carbonyl (C=O) groups excluding carboxylic acids is 2. The van der Waals surface area contributed by atoms with Gasteiger partial charge in [-0.1, -0.05) is 32.5 Å². The number of amides is 3. The van der Waals surface area contributed by atoms with Crippen molar-refractivity contribution in [1.29, 1.82) is 0 Å². The molecule has 0 saturated heterocycles. The van der Waals surface area contributed by atoms with Crippen LogP contribution in [0.1, 0.15) is 27.2 Å². The third-order valence-electron chi connectivity index (χ3n) is 2.43. The fourth-order valence-corrected chi connectivity index (χ4v) is 2.24. The Kier molecular flexibility index (Phi) is 7.00. The molecule has 118 valence electrons. The molecule has 0 aliphatic rings. The van der Waals surface area contributed by atoms with E-state index in [0.29, 0.717) is 24.2 Å². The first-order valence-corrected chi connectivity index (χ1v) is 7.78. The molecule has 0 aromatic carbocycles. The first kappa shape index (κ1) is 17.3. The van der Waals surface area contributed by atoms with Crippen molar-refractivity contribution in [2.45, 2.75) is 38.9 Å². The van der Waals surface area contributed by atoms with Crippen LogP contribution in [-0.4, -0.2) is 39.0 Å². The largest absolute Gasteiger partial charge is 0.343 e. The molecule has 0 aliphatic heterocycles. The number of nitrogens with zero attached hydrogens (tertiary/aromatic N) is 2. The van der Waals surface area contributed by atoms with Gasteiger partial charge in [-0.25, -0.2) is 14.7 Å². The lowest BCUT2D eigenvalue weighted by atomic mass is 10.2. The molecule has 21 heavy (non-hydrogen) atoms.